The van der Waals surface area contributed by atoms with Crippen molar-refractivity contribution in [2.24, 2.45) is 4.99 Å². The van der Waals surface area contributed by atoms with Crippen LogP contribution < -0.4 is 16.0 Å². The fourth-order valence-electron chi connectivity index (χ4n) is 4.21. The fourth-order valence-corrected chi connectivity index (χ4v) is 4.21. The highest BCUT2D eigenvalue weighted by atomic mass is 16.5. The van der Waals surface area contributed by atoms with Gasteiger partial charge >= 0.3 is 0 Å². The number of aromatic amines is 1. The molecule has 3 heterocycles. The first-order valence-electron chi connectivity index (χ1n) is 11.7. The van der Waals surface area contributed by atoms with Gasteiger partial charge in [-0.1, -0.05) is 11.6 Å². The Morgan fingerprint density at radius 1 is 1.09 bits per heavy atom. The van der Waals surface area contributed by atoms with Crippen LogP contribution in [-0.2, 0) is 6.54 Å². The Morgan fingerprint density at radius 2 is 1.97 bits per heavy atom. The summed E-state index contributed by atoms with van der Waals surface area (Å²) in [5.74, 6) is 4.06. The van der Waals surface area contributed by atoms with Crippen molar-refractivity contribution in [3.63, 3.8) is 0 Å². The van der Waals surface area contributed by atoms with Gasteiger partial charge in [0.05, 0.1) is 12.2 Å². The van der Waals surface area contributed by atoms with Crippen LogP contribution in [0.4, 0.5) is 23.4 Å². The van der Waals surface area contributed by atoms with E-state index < -0.39 is 0 Å². The van der Waals surface area contributed by atoms with Gasteiger partial charge in [-0.05, 0) is 39.0 Å². The number of aliphatic imine (C=N–C) groups is 1. The van der Waals surface area contributed by atoms with Crippen LogP contribution >= 0.6 is 0 Å². The molecular weight excluding hydrogens is 418 g/mol. The normalized spacial score (nSPS) is 19.9. The van der Waals surface area contributed by atoms with Gasteiger partial charge in [0.2, 0.25) is 5.95 Å². The Morgan fingerprint density at radius 3 is 2.76 bits per heavy atom. The van der Waals surface area contributed by atoms with Crippen molar-refractivity contribution in [2.75, 3.05) is 23.0 Å². The van der Waals surface area contributed by atoms with Crippen molar-refractivity contribution < 1.29 is 4.52 Å². The summed E-state index contributed by atoms with van der Waals surface area (Å²) in [4.78, 5) is 13.8. The van der Waals surface area contributed by atoms with Crippen molar-refractivity contribution in [3.05, 3.63) is 35.3 Å². The highest BCUT2D eigenvalue weighted by Gasteiger charge is 2.25. The summed E-state index contributed by atoms with van der Waals surface area (Å²) in [6, 6.07) is 6.19. The van der Waals surface area contributed by atoms with Gasteiger partial charge in [-0.15, -0.1) is 0 Å². The summed E-state index contributed by atoms with van der Waals surface area (Å²) in [7, 11) is 1.89. The molecule has 10 nitrogen and oxygen atoms in total. The molecule has 4 N–H and O–H groups in total. The van der Waals surface area contributed by atoms with Gasteiger partial charge in [0.25, 0.3) is 0 Å². The van der Waals surface area contributed by atoms with Crippen molar-refractivity contribution in [1.29, 1.82) is 0 Å². The fraction of sp³-hybridized carbons (Fsp3) is 0.522. The summed E-state index contributed by atoms with van der Waals surface area (Å²) >= 11 is 0. The van der Waals surface area contributed by atoms with Crippen molar-refractivity contribution in [3.8, 4) is 0 Å². The Labute approximate surface area is 193 Å². The molecule has 3 aromatic heterocycles. The van der Waals surface area contributed by atoms with E-state index in [1.807, 2.05) is 26.1 Å². The summed E-state index contributed by atoms with van der Waals surface area (Å²) in [5, 5.41) is 21.7. The van der Waals surface area contributed by atoms with E-state index in [0.29, 0.717) is 30.3 Å². The highest BCUT2D eigenvalue weighted by molar-refractivity contribution is 5.85. The molecule has 0 aromatic carbocycles. The van der Waals surface area contributed by atoms with E-state index in [4.69, 9.17) is 9.51 Å². The van der Waals surface area contributed by atoms with Crippen LogP contribution in [0.5, 0.6) is 0 Å². The first kappa shape index (κ1) is 21.4. The minimum atomic E-state index is 0.297. The molecule has 0 spiro atoms. The van der Waals surface area contributed by atoms with Crippen molar-refractivity contribution in [2.45, 2.75) is 70.4 Å². The Balaban J connectivity index is 1.35. The smallest absolute Gasteiger partial charge is 0.227 e. The minimum Gasteiger partial charge on any atom is -0.367 e. The number of H-pyrrole nitrogens is 1. The van der Waals surface area contributed by atoms with E-state index in [9.17, 15) is 0 Å². The maximum atomic E-state index is 5.31. The lowest BCUT2D eigenvalue weighted by Crippen LogP contribution is -2.22. The number of hydrogen-bond donors (Lipinski definition) is 4. The molecule has 0 aliphatic heterocycles. The molecule has 0 bridgehead atoms. The van der Waals surface area contributed by atoms with E-state index in [1.165, 1.54) is 37.1 Å². The molecule has 0 saturated heterocycles. The zero-order valence-corrected chi connectivity index (χ0v) is 19.2. The van der Waals surface area contributed by atoms with Crippen LogP contribution in [0.1, 0.15) is 68.0 Å². The monoisotopic (exact) mass is 449 g/mol. The molecule has 2 fully saturated rings. The van der Waals surface area contributed by atoms with Gasteiger partial charge in [-0.2, -0.15) is 15.1 Å². The third-order valence-corrected chi connectivity index (χ3v) is 6.11. The van der Waals surface area contributed by atoms with Crippen LogP contribution in [-0.4, -0.2) is 44.1 Å². The van der Waals surface area contributed by atoms with E-state index in [-0.39, 0.29) is 0 Å². The third kappa shape index (κ3) is 5.68. The SMILES string of the molecule is C/N=C1/CCCC[C@@H](Nc2cc(Nc3cc(C4CC4)[nH]n3)nc(NCc3cc(C)no3)n2)C1. The Bertz CT molecular complexity index is 1110. The molecule has 1 atom stereocenters. The molecule has 0 radical (unpaired) electrons. The highest BCUT2D eigenvalue weighted by Crippen LogP contribution is 2.39. The molecule has 5 rings (SSSR count). The lowest BCUT2D eigenvalue weighted by Gasteiger charge is -2.18. The average molecular weight is 450 g/mol. The van der Waals surface area contributed by atoms with Crippen molar-refractivity contribution >= 4 is 29.1 Å². The van der Waals surface area contributed by atoms with Crippen LogP contribution in [0.3, 0.4) is 0 Å². The first-order valence-corrected chi connectivity index (χ1v) is 11.7. The van der Waals surface area contributed by atoms with Crippen LogP contribution in [0.15, 0.2) is 27.7 Å². The Hall–Kier alpha value is -3.43. The van der Waals surface area contributed by atoms with Gasteiger partial charge in [0.1, 0.15) is 11.6 Å². The van der Waals surface area contributed by atoms with Crippen molar-refractivity contribution in [1.82, 2.24) is 25.3 Å². The van der Waals surface area contributed by atoms with Crippen LogP contribution in [0, 0.1) is 6.92 Å². The van der Waals surface area contributed by atoms with E-state index in [0.717, 1.165) is 42.4 Å². The number of nitrogens with one attached hydrogen (secondary N) is 4. The lowest BCUT2D eigenvalue weighted by molar-refractivity contribution is 0.384. The molecule has 33 heavy (non-hydrogen) atoms. The molecule has 2 saturated carbocycles. The molecule has 10 heteroatoms. The van der Waals surface area contributed by atoms with E-state index in [2.05, 4.69) is 47.3 Å². The van der Waals surface area contributed by atoms with Crippen LogP contribution in [0.2, 0.25) is 0 Å². The summed E-state index contributed by atoms with van der Waals surface area (Å²) in [6.45, 7) is 2.35. The maximum Gasteiger partial charge on any atom is 0.227 e. The lowest BCUT2D eigenvalue weighted by atomic mass is 10.1. The van der Waals surface area contributed by atoms with E-state index in [1.54, 1.807) is 0 Å². The van der Waals surface area contributed by atoms with Gasteiger partial charge < -0.3 is 20.5 Å². The largest absolute Gasteiger partial charge is 0.367 e. The van der Waals surface area contributed by atoms with E-state index >= 15 is 0 Å². The third-order valence-electron chi connectivity index (χ3n) is 6.11. The Kier molecular flexibility index (Phi) is 6.23. The number of hydrogen-bond acceptors (Lipinski definition) is 9. The number of rotatable bonds is 8. The summed E-state index contributed by atoms with van der Waals surface area (Å²) < 4.78 is 5.31. The number of aromatic nitrogens is 5. The molecule has 174 valence electrons. The number of nitrogens with zero attached hydrogens (tertiary/aromatic N) is 5. The second-order valence-electron chi connectivity index (χ2n) is 8.94. The van der Waals surface area contributed by atoms with Crippen LogP contribution in [0.25, 0.3) is 0 Å². The van der Waals surface area contributed by atoms with Gasteiger partial charge in [0.15, 0.2) is 11.6 Å². The van der Waals surface area contributed by atoms with Gasteiger partial charge in [0, 0.05) is 55.0 Å². The van der Waals surface area contributed by atoms with Gasteiger partial charge in [-0.25, -0.2) is 0 Å². The predicted octanol–water partition coefficient (Wildman–Crippen LogP) is 4.54. The molecule has 2 aliphatic carbocycles. The molecular formula is C23H31N9O. The molecule has 3 aromatic rings. The average Bonchev–Trinajstić information content (AvgIpc) is 3.48. The second-order valence-corrected chi connectivity index (χ2v) is 8.94. The number of anilines is 4. The summed E-state index contributed by atoms with van der Waals surface area (Å²) in [5.41, 5.74) is 3.28. The standard InChI is InChI=1S/C23H31N9O/c1-14-9-18(33-32-14)13-25-23-28-20(26-17-6-4-3-5-16(10-17)24-2)12-21(29-23)27-22-11-19(30-31-22)15-7-8-15/h9,11-12,15,17H,3-8,10,13H2,1-2H3,(H4,25,26,27,28,29,30,31)/b24-16-/t17-/m1/s1. The zero-order chi connectivity index (χ0) is 22.6. The maximum absolute atomic E-state index is 5.31. The first-order chi connectivity index (χ1) is 16.1. The molecule has 0 unspecified atom stereocenters. The zero-order valence-electron chi connectivity index (χ0n) is 19.2. The molecule has 2 aliphatic rings. The minimum absolute atomic E-state index is 0.297. The molecule has 0 amide bonds. The quantitative estimate of drug-likeness (QED) is 0.369. The summed E-state index contributed by atoms with van der Waals surface area (Å²) in [6.07, 6.45) is 7.93. The second kappa shape index (κ2) is 9.60. The van der Waals surface area contributed by atoms with Gasteiger partial charge in [-0.3, -0.25) is 10.1 Å². The topological polar surface area (TPSA) is 129 Å². The number of aryl methyl sites for hydroxylation is 1. The predicted molar refractivity (Wildman–Crippen MR) is 128 cm³/mol.